The van der Waals surface area contributed by atoms with Gasteiger partial charge in [0.15, 0.2) is 0 Å². The van der Waals surface area contributed by atoms with E-state index in [-0.39, 0.29) is 12.1 Å². The van der Waals surface area contributed by atoms with E-state index in [0.717, 1.165) is 44.5 Å². The van der Waals surface area contributed by atoms with E-state index in [2.05, 4.69) is 10.6 Å². The van der Waals surface area contributed by atoms with E-state index in [1.807, 2.05) is 37.3 Å². The molecule has 0 heterocycles. The van der Waals surface area contributed by atoms with Crippen molar-refractivity contribution in [1.82, 2.24) is 10.6 Å². The fourth-order valence-electron chi connectivity index (χ4n) is 1.88. The maximum atomic E-state index is 11.6. The first kappa shape index (κ1) is 17.5. The molecule has 1 aromatic rings. The normalized spacial score (nSPS) is 11.9. The fourth-order valence-corrected chi connectivity index (χ4v) is 1.88. The Bertz CT molecular complexity index is 384. The van der Waals surface area contributed by atoms with Gasteiger partial charge in [0.25, 0.3) is 0 Å². The number of benzene rings is 1. The minimum atomic E-state index is -0.366. The van der Waals surface area contributed by atoms with Gasteiger partial charge >= 0.3 is 6.09 Å². The van der Waals surface area contributed by atoms with Crippen molar-refractivity contribution in [3.05, 3.63) is 35.9 Å². The molecule has 0 saturated heterocycles. The number of ether oxygens (including phenoxy) is 1. The van der Waals surface area contributed by atoms with Crippen molar-refractivity contribution in [2.75, 3.05) is 19.6 Å². The molecule has 0 saturated carbocycles. The average Bonchev–Trinajstić information content (AvgIpc) is 2.50. The van der Waals surface area contributed by atoms with Crippen LogP contribution in [0, 0.1) is 0 Å². The number of unbranched alkanes of at least 4 members (excludes halogenated alkanes) is 1. The van der Waals surface area contributed by atoms with Crippen molar-refractivity contribution in [2.24, 2.45) is 5.73 Å². The second kappa shape index (κ2) is 11.1. The topological polar surface area (TPSA) is 76.4 Å². The molecule has 1 amide bonds. The predicted molar refractivity (Wildman–Crippen MR) is 85.0 cm³/mol. The molecule has 21 heavy (non-hydrogen) atoms. The zero-order chi connectivity index (χ0) is 15.3. The van der Waals surface area contributed by atoms with E-state index < -0.39 is 0 Å². The van der Waals surface area contributed by atoms with Gasteiger partial charge in [-0.3, -0.25) is 0 Å². The minimum absolute atomic E-state index is 0.0929. The lowest BCUT2D eigenvalue weighted by atomic mass is 10.2. The average molecular weight is 293 g/mol. The van der Waals surface area contributed by atoms with E-state index in [0.29, 0.717) is 6.61 Å². The van der Waals surface area contributed by atoms with Crippen LogP contribution < -0.4 is 16.4 Å². The smallest absolute Gasteiger partial charge is 0.407 e. The quantitative estimate of drug-likeness (QED) is 0.577. The van der Waals surface area contributed by atoms with Gasteiger partial charge in [0.2, 0.25) is 0 Å². The summed E-state index contributed by atoms with van der Waals surface area (Å²) < 4.78 is 5.17. The standard InChI is InChI=1S/C16H27N3O2/c1-14(9-12-18-11-6-5-10-17)19-16(20)21-13-15-7-3-2-4-8-15/h2-4,7-8,14,18H,5-6,9-13,17H2,1H3,(H,19,20). The molecule has 0 aliphatic carbocycles. The summed E-state index contributed by atoms with van der Waals surface area (Å²) in [5, 5.41) is 6.17. The number of hydrogen-bond donors (Lipinski definition) is 3. The van der Waals surface area contributed by atoms with Crippen LogP contribution in [0.1, 0.15) is 31.7 Å². The number of nitrogens with one attached hydrogen (secondary N) is 2. The molecule has 1 aromatic carbocycles. The summed E-state index contributed by atoms with van der Waals surface area (Å²) in [4.78, 5) is 11.6. The van der Waals surface area contributed by atoms with Crippen LogP contribution >= 0.6 is 0 Å². The van der Waals surface area contributed by atoms with Crippen molar-refractivity contribution in [2.45, 2.75) is 38.8 Å². The Morgan fingerprint density at radius 2 is 2.00 bits per heavy atom. The monoisotopic (exact) mass is 293 g/mol. The highest BCUT2D eigenvalue weighted by Gasteiger charge is 2.07. The van der Waals surface area contributed by atoms with Gasteiger partial charge < -0.3 is 21.1 Å². The largest absolute Gasteiger partial charge is 0.445 e. The molecule has 0 fully saturated rings. The zero-order valence-electron chi connectivity index (χ0n) is 12.8. The summed E-state index contributed by atoms with van der Waals surface area (Å²) in [5.74, 6) is 0. The lowest BCUT2D eigenvalue weighted by Crippen LogP contribution is -2.35. The van der Waals surface area contributed by atoms with Gasteiger partial charge in [-0.1, -0.05) is 30.3 Å². The van der Waals surface area contributed by atoms with Crippen LogP contribution in [0.4, 0.5) is 4.79 Å². The van der Waals surface area contributed by atoms with Gasteiger partial charge in [0, 0.05) is 6.04 Å². The molecule has 118 valence electrons. The first-order valence-electron chi connectivity index (χ1n) is 7.60. The van der Waals surface area contributed by atoms with Gasteiger partial charge in [0.1, 0.15) is 6.61 Å². The molecule has 0 aliphatic rings. The summed E-state index contributed by atoms with van der Waals surface area (Å²) in [5.41, 5.74) is 6.42. The highest BCUT2D eigenvalue weighted by Crippen LogP contribution is 2.01. The van der Waals surface area contributed by atoms with Crippen LogP contribution in [0.5, 0.6) is 0 Å². The van der Waals surface area contributed by atoms with Crippen molar-refractivity contribution < 1.29 is 9.53 Å². The number of carbonyl (C=O) groups excluding carboxylic acids is 1. The lowest BCUT2D eigenvalue weighted by Gasteiger charge is -2.14. The zero-order valence-corrected chi connectivity index (χ0v) is 12.8. The van der Waals surface area contributed by atoms with Crippen molar-refractivity contribution in [3.8, 4) is 0 Å². The van der Waals surface area contributed by atoms with Crippen LogP contribution in [-0.2, 0) is 11.3 Å². The van der Waals surface area contributed by atoms with Crippen molar-refractivity contribution >= 4 is 6.09 Å². The number of hydrogen-bond acceptors (Lipinski definition) is 4. The second-order valence-electron chi connectivity index (χ2n) is 5.14. The molecule has 0 radical (unpaired) electrons. The molecule has 0 bridgehead atoms. The Morgan fingerprint density at radius 3 is 2.71 bits per heavy atom. The maximum absolute atomic E-state index is 11.6. The minimum Gasteiger partial charge on any atom is -0.445 e. The van der Waals surface area contributed by atoms with Gasteiger partial charge in [-0.05, 0) is 51.4 Å². The molecule has 5 heteroatoms. The SMILES string of the molecule is CC(CCNCCCCN)NC(=O)OCc1ccccc1. The summed E-state index contributed by atoms with van der Waals surface area (Å²) >= 11 is 0. The third kappa shape index (κ3) is 9.05. The van der Waals surface area contributed by atoms with E-state index in [1.54, 1.807) is 0 Å². The first-order chi connectivity index (χ1) is 10.2. The van der Waals surface area contributed by atoms with Crippen molar-refractivity contribution in [3.63, 3.8) is 0 Å². The molecule has 0 aliphatic heterocycles. The van der Waals surface area contributed by atoms with Crippen molar-refractivity contribution in [1.29, 1.82) is 0 Å². The van der Waals surface area contributed by atoms with E-state index in [9.17, 15) is 4.79 Å². The summed E-state index contributed by atoms with van der Waals surface area (Å²) in [7, 11) is 0. The first-order valence-corrected chi connectivity index (χ1v) is 7.60. The third-order valence-electron chi connectivity index (χ3n) is 3.14. The Kier molecular flexibility index (Phi) is 9.24. The molecule has 0 spiro atoms. The molecule has 4 N–H and O–H groups in total. The van der Waals surface area contributed by atoms with Crippen LogP contribution in [0.15, 0.2) is 30.3 Å². The van der Waals surface area contributed by atoms with Gasteiger partial charge in [0.05, 0.1) is 0 Å². The summed E-state index contributed by atoms with van der Waals surface area (Å²) in [6, 6.07) is 9.75. The van der Waals surface area contributed by atoms with Gasteiger partial charge in [-0.2, -0.15) is 0 Å². The lowest BCUT2D eigenvalue weighted by molar-refractivity contribution is 0.136. The predicted octanol–water partition coefficient (Wildman–Crippen LogP) is 2.02. The van der Waals surface area contributed by atoms with Crippen LogP contribution in [-0.4, -0.2) is 31.8 Å². The van der Waals surface area contributed by atoms with Gasteiger partial charge in [-0.25, -0.2) is 4.79 Å². The number of nitrogens with two attached hydrogens (primary N) is 1. The highest BCUT2D eigenvalue weighted by atomic mass is 16.5. The fraction of sp³-hybridized carbons (Fsp3) is 0.562. The molecule has 1 rings (SSSR count). The second-order valence-corrected chi connectivity index (χ2v) is 5.14. The highest BCUT2D eigenvalue weighted by molar-refractivity contribution is 5.67. The molecular formula is C16H27N3O2. The third-order valence-corrected chi connectivity index (χ3v) is 3.14. The molecule has 1 atom stereocenters. The Labute approximate surface area is 127 Å². The maximum Gasteiger partial charge on any atom is 0.407 e. The Morgan fingerprint density at radius 1 is 1.24 bits per heavy atom. The van der Waals surface area contributed by atoms with E-state index >= 15 is 0 Å². The Hall–Kier alpha value is -1.59. The Balaban J connectivity index is 2.05. The molecule has 5 nitrogen and oxygen atoms in total. The van der Waals surface area contributed by atoms with Crippen LogP contribution in [0.25, 0.3) is 0 Å². The number of amides is 1. The summed E-state index contributed by atoms with van der Waals surface area (Å²) in [6.45, 7) is 4.88. The summed E-state index contributed by atoms with van der Waals surface area (Å²) in [6.07, 6.45) is 2.65. The van der Waals surface area contributed by atoms with E-state index in [1.165, 1.54) is 0 Å². The molecular weight excluding hydrogens is 266 g/mol. The van der Waals surface area contributed by atoms with Crippen LogP contribution in [0.3, 0.4) is 0 Å². The number of alkyl carbamates (subject to hydrolysis) is 1. The van der Waals surface area contributed by atoms with Crippen LogP contribution in [0.2, 0.25) is 0 Å². The molecule has 1 unspecified atom stereocenters. The van der Waals surface area contributed by atoms with Gasteiger partial charge in [-0.15, -0.1) is 0 Å². The molecule has 0 aromatic heterocycles. The number of carbonyl (C=O) groups is 1. The number of rotatable bonds is 10. The van der Waals surface area contributed by atoms with E-state index in [4.69, 9.17) is 10.5 Å².